The van der Waals surface area contributed by atoms with Gasteiger partial charge in [-0.25, -0.2) is 0 Å². The molecule has 0 aliphatic carbocycles. The van der Waals surface area contributed by atoms with Gasteiger partial charge in [0.1, 0.15) is 0 Å². The molecule has 0 aromatic heterocycles. The van der Waals surface area contributed by atoms with Crippen LogP contribution < -0.4 is 11.5 Å². The molecule has 4 N–H and O–H groups in total. The molecule has 1 aromatic carbocycles. The lowest BCUT2D eigenvalue weighted by Gasteiger charge is -2.08. The zero-order valence-corrected chi connectivity index (χ0v) is 9.83. The molecule has 0 saturated carbocycles. The normalized spacial score (nSPS) is 10.4. The predicted molar refractivity (Wildman–Crippen MR) is 72.9 cm³/mol. The van der Waals surface area contributed by atoms with E-state index < -0.39 is 0 Å². The summed E-state index contributed by atoms with van der Waals surface area (Å²) in [5.74, 6) is 0. The van der Waals surface area contributed by atoms with Crippen LogP contribution in [0.5, 0.6) is 0 Å². The monoisotopic (exact) mass is 214 g/mol. The molecule has 0 amide bonds. The van der Waals surface area contributed by atoms with Crippen molar-refractivity contribution in [3.05, 3.63) is 54.1 Å². The zero-order chi connectivity index (χ0) is 12.1. The SMILES string of the molecule is C=C/C=C\C(=C(C)C)c1ccc(N)c(N)c1. The van der Waals surface area contributed by atoms with Crippen LogP contribution in [-0.2, 0) is 0 Å². The van der Waals surface area contributed by atoms with Gasteiger partial charge < -0.3 is 11.5 Å². The van der Waals surface area contributed by atoms with Gasteiger partial charge in [-0.3, -0.25) is 0 Å². The first-order valence-electron chi connectivity index (χ1n) is 5.18. The Balaban J connectivity index is 3.23. The van der Waals surface area contributed by atoms with Crippen LogP contribution in [0.4, 0.5) is 11.4 Å². The summed E-state index contributed by atoms with van der Waals surface area (Å²) in [5, 5.41) is 0. The van der Waals surface area contributed by atoms with Crippen molar-refractivity contribution in [3.63, 3.8) is 0 Å². The number of anilines is 2. The Morgan fingerprint density at radius 3 is 2.38 bits per heavy atom. The Labute approximate surface area is 97.0 Å². The summed E-state index contributed by atoms with van der Waals surface area (Å²) in [6, 6.07) is 5.70. The lowest BCUT2D eigenvalue weighted by atomic mass is 10.00. The Bertz CT molecular complexity index is 450. The summed E-state index contributed by atoms with van der Waals surface area (Å²) in [7, 11) is 0. The average Bonchev–Trinajstić information content (AvgIpc) is 2.23. The minimum atomic E-state index is 0.614. The van der Waals surface area contributed by atoms with E-state index in [-0.39, 0.29) is 0 Å². The van der Waals surface area contributed by atoms with E-state index in [1.54, 1.807) is 6.08 Å². The second-order valence-corrected chi connectivity index (χ2v) is 3.85. The molecular formula is C14H18N2. The van der Waals surface area contributed by atoms with Crippen molar-refractivity contribution in [2.75, 3.05) is 11.5 Å². The minimum absolute atomic E-state index is 0.614. The first kappa shape index (κ1) is 12.1. The molecular weight excluding hydrogens is 196 g/mol. The second kappa shape index (κ2) is 5.21. The van der Waals surface area contributed by atoms with E-state index in [9.17, 15) is 0 Å². The van der Waals surface area contributed by atoms with Crippen molar-refractivity contribution < 1.29 is 0 Å². The van der Waals surface area contributed by atoms with Gasteiger partial charge in [-0.05, 0) is 37.1 Å². The number of hydrogen-bond acceptors (Lipinski definition) is 2. The topological polar surface area (TPSA) is 52.0 Å². The van der Waals surface area contributed by atoms with Gasteiger partial charge in [0.15, 0.2) is 0 Å². The summed E-state index contributed by atoms with van der Waals surface area (Å²) in [4.78, 5) is 0. The van der Waals surface area contributed by atoms with Crippen LogP contribution in [0.1, 0.15) is 19.4 Å². The van der Waals surface area contributed by atoms with Crippen molar-refractivity contribution in [2.45, 2.75) is 13.8 Å². The summed E-state index contributed by atoms with van der Waals surface area (Å²) < 4.78 is 0. The molecule has 84 valence electrons. The number of hydrogen-bond donors (Lipinski definition) is 2. The van der Waals surface area contributed by atoms with E-state index in [2.05, 4.69) is 20.4 Å². The summed E-state index contributed by atoms with van der Waals surface area (Å²) in [6.45, 7) is 7.79. The number of rotatable bonds is 3. The van der Waals surface area contributed by atoms with Crippen LogP contribution in [0.2, 0.25) is 0 Å². The first-order valence-corrected chi connectivity index (χ1v) is 5.18. The van der Waals surface area contributed by atoms with Crippen molar-refractivity contribution in [3.8, 4) is 0 Å². The van der Waals surface area contributed by atoms with Crippen molar-refractivity contribution in [2.24, 2.45) is 0 Å². The van der Waals surface area contributed by atoms with E-state index in [0.29, 0.717) is 11.4 Å². The van der Waals surface area contributed by atoms with E-state index >= 15 is 0 Å². The maximum atomic E-state index is 5.80. The Morgan fingerprint density at radius 1 is 1.19 bits per heavy atom. The van der Waals surface area contributed by atoms with Crippen LogP contribution in [0.3, 0.4) is 0 Å². The molecule has 0 spiro atoms. The molecule has 2 nitrogen and oxygen atoms in total. The minimum Gasteiger partial charge on any atom is -0.397 e. The molecule has 1 aromatic rings. The Kier molecular flexibility index (Phi) is 3.95. The molecule has 0 radical (unpaired) electrons. The maximum Gasteiger partial charge on any atom is 0.0554 e. The highest BCUT2D eigenvalue weighted by molar-refractivity contribution is 5.80. The van der Waals surface area contributed by atoms with Gasteiger partial charge >= 0.3 is 0 Å². The van der Waals surface area contributed by atoms with Gasteiger partial charge in [-0.2, -0.15) is 0 Å². The Morgan fingerprint density at radius 2 is 1.88 bits per heavy atom. The summed E-state index contributed by atoms with van der Waals surface area (Å²) in [6.07, 6.45) is 5.69. The fourth-order valence-electron chi connectivity index (χ4n) is 1.46. The highest BCUT2D eigenvalue weighted by atomic mass is 14.7. The van der Waals surface area contributed by atoms with Gasteiger partial charge in [0, 0.05) is 0 Å². The number of nitrogens with two attached hydrogens (primary N) is 2. The molecule has 0 saturated heterocycles. The third kappa shape index (κ3) is 2.76. The van der Waals surface area contributed by atoms with Gasteiger partial charge in [0.2, 0.25) is 0 Å². The lowest BCUT2D eigenvalue weighted by Crippen LogP contribution is -1.95. The fraction of sp³-hybridized carbons (Fsp3) is 0.143. The van der Waals surface area contributed by atoms with Gasteiger partial charge in [0.25, 0.3) is 0 Å². The van der Waals surface area contributed by atoms with E-state index in [0.717, 1.165) is 11.1 Å². The second-order valence-electron chi connectivity index (χ2n) is 3.85. The van der Waals surface area contributed by atoms with Crippen molar-refractivity contribution >= 4 is 16.9 Å². The molecule has 16 heavy (non-hydrogen) atoms. The molecule has 2 heteroatoms. The van der Waals surface area contributed by atoms with Gasteiger partial charge in [-0.15, -0.1) is 0 Å². The van der Waals surface area contributed by atoms with E-state index in [1.807, 2.05) is 30.4 Å². The average molecular weight is 214 g/mol. The number of allylic oxidation sites excluding steroid dienone is 5. The van der Waals surface area contributed by atoms with Crippen LogP contribution in [0.15, 0.2) is 48.6 Å². The molecule has 0 heterocycles. The summed E-state index contributed by atoms with van der Waals surface area (Å²) >= 11 is 0. The van der Waals surface area contributed by atoms with E-state index in [4.69, 9.17) is 11.5 Å². The Hall–Kier alpha value is -1.96. The molecule has 0 bridgehead atoms. The first-order chi connectivity index (χ1) is 7.56. The quantitative estimate of drug-likeness (QED) is 0.598. The maximum absolute atomic E-state index is 5.80. The highest BCUT2D eigenvalue weighted by Gasteiger charge is 2.02. The number of nitrogen functional groups attached to an aromatic ring is 2. The predicted octanol–water partition coefficient (Wildman–Crippen LogP) is 3.39. The molecule has 0 atom stereocenters. The number of benzene rings is 1. The van der Waals surface area contributed by atoms with E-state index in [1.165, 1.54) is 5.57 Å². The summed E-state index contributed by atoms with van der Waals surface area (Å²) in [5.41, 5.74) is 16.2. The lowest BCUT2D eigenvalue weighted by molar-refractivity contribution is 1.39. The van der Waals surface area contributed by atoms with Crippen LogP contribution in [0.25, 0.3) is 5.57 Å². The third-order valence-corrected chi connectivity index (χ3v) is 2.34. The van der Waals surface area contributed by atoms with Crippen LogP contribution in [-0.4, -0.2) is 0 Å². The van der Waals surface area contributed by atoms with Gasteiger partial charge in [0.05, 0.1) is 11.4 Å². The fourth-order valence-corrected chi connectivity index (χ4v) is 1.46. The zero-order valence-electron chi connectivity index (χ0n) is 9.83. The smallest absolute Gasteiger partial charge is 0.0554 e. The van der Waals surface area contributed by atoms with Crippen molar-refractivity contribution in [1.82, 2.24) is 0 Å². The molecule has 0 fully saturated rings. The largest absolute Gasteiger partial charge is 0.397 e. The highest BCUT2D eigenvalue weighted by Crippen LogP contribution is 2.25. The molecule has 0 aliphatic rings. The third-order valence-electron chi connectivity index (χ3n) is 2.34. The molecule has 1 rings (SSSR count). The van der Waals surface area contributed by atoms with Crippen molar-refractivity contribution in [1.29, 1.82) is 0 Å². The molecule has 0 unspecified atom stereocenters. The van der Waals surface area contributed by atoms with Gasteiger partial charge in [-0.1, -0.05) is 36.4 Å². The standard InChI is InChI=1S/C14H18N2/c1-4-5-6-12(10(2)3)11-7-8-13(15)14(16)9-11/h4-9H,1,15-16H2,2-3H3/b6-5-. The van der Waals surface area contributed by atoms with Crippen LogP contribution in [0, 0.1) is 0 Å². The molecule has 0 aliphatic heterocycles. The van der Waals surface area contributed by atoms with Crippen LogP contribution >= 0.6 is 0 Å².